The molecule has 0 unspecified atom stereocenters. The summed E-state index contributed by atoms with van der Waals surface area (Å²) in [6.07, 6.45) is 0. The average Bonchev–Trinajstić information content (AvgIpc) is 2.41. The number of aromatic hydroxyl groups is 1. The van der Waals surface area contributed by atoms with Crippen LogP contribution >= 0.6 is 0 Å². The van der Waals surface area contributed by atoms with E-state index in [1.54, 1.807) is 6.07 Å². The van der Waals surface area contributed by atoms with Gasteiger partial charge in [0, 0.05) is 11.5 Å². The molecule has 0 atom stereocenters. The molecule has 1 heterocycles. The van der Waals surface area contributed by atoms with E-state index < -0.39 is 10.0 Å². The lowest BCUT2D eigenvalue weighted by molar-refractivity contribution is 0.345. The van der Waals surface area contributed by atoms with Gasteiger partial charge in [0.05, 0.1) is 0 Å². The van der Waals surface area contributed by atoms with E-state index in [1.165, 1.54) is 18.2 Å². The van der Waals surface area contributed by atoms with Gasteiger partial charge < -0.3 is 9.52 Å². The number of primary sulfonamides is 1. The lowest BCUT2D eigenvalue weighted by atomic mass is 10.3. The third-order valence-electron chi connectivity index (χ3n) is 1.80. The predicted molar refractivity (Wildman–Crippen MR) is 49.3 cm³/mol. The second kappa shape index (κ2) is 2.73. The molecule has 14 heavy (non-hydrogen) atoms. The number of hydrogen-bond donors (Lipinski definition) is 2. The first-order valence-electron chi connectivity index (χ1n) is 3.73. The second-order valence-corrected chi connectivity index (χ2v) is 4.33. The van der Waals surface area contributed by atoms with Gasteiger partial charge in [-0.2, -0.15) is 0 Å². The monoisotopic (exact) mass is 213 g/mol. The molecule has 0 radical (unpaired) electrons. The zero-order valence-electron chi connectivity index (χ0n) is 6.97. The quantitative estimate of drug-likeness (QED) is 0.732. The van der Waals surface area contributed by atoms with Crippen molar-refractivity contribution in [1.29, 1.82) is 0 Å². The van der Waals surface area contributed by atoms with E-state index in [9.17, 15) is 8.42 Å². The SMILES string of the molecule is NS(=O)(=O)c1cccc2cc(O)oc12. The highest BCUT2D eigenvalue weighted by atomic mass is 32.2. The van der Waals surface area contributed by atoms with Gasteiger partial charge in [-0.3, -0.25) is 0 Å². The van der Waals surface area contributed by atoms with Crippen molar-refractivity contribution in [3.8, 4) is 5.95 Å². The van der Waals surface area contributed by atoms with Crippen LogP contribution in [0.3, 0.4) is 0 Å². The van der Waals surface area contributed by atoms with E-state index in [4.69, 9.17) is 14.7 Å². The molecule has 0 fully saturated rings. The van der Waals surface area contributed by atoms with Crippen LogP contribution in [0.25, 0.3) is 11.0 Å². The summed E-state index contributed by atoms with van der Waals surface area (Å²) >= 11 is 0. The largest absolute Gasteiger partial charge is 0.481 e. The first-order valence-corrected chi connectivity index (χ1v) is 5.27. The molecule has 0 aliphatic heterocycles. The molecule has 3 N–H and O–H groups in total. The summed E-state index contributed by atoms with van der Waals surface area (Å²) in [7, 11) is -3.82. The minimum atomic E-state index is -3.82. The molecule has 0 spiro atoms. The molecule has 6 heteroatoms. The van der Waals surface area contributed by atoms with Gasteiger partial charge >= 0.3 is 0 Å². The van der Waals surface area contributed by atoms with Gasteiger partial charge in [0.1, 0.15) is 4.90 Å². The number of rotatable bonds is 1. The van der Waals surface area contributed by atoms with Crippen LogP contribution in [0.15, 0.2) is 33.6 Å². The lowest BCUT2D eigenvalue weighted by Gasteiger charge is -1.97. The molecule has 2 rings (SSSR count). The number of fused-ring (bicyclic) bond motifs is 1. The smallest absolute Gasteiger partial charge is 0.282 e. The average molecular weight is 213 g/mol. The van der Waals surface area contributed by atoms with Crippen LogP contribution in [0.1, 0.15) is 0 Å². The van der Waals surface area contributed by atoms with Gasteiger partial charge in [-0.05, 0) is 6.07 Å². The third kappa shape index (κ3) is 1.34. The Morgan fingerprint density at radius 3 is 2.71 bits per heavy atom. The fraction of sp³-hybridized carbons (Fsp3) is 0. The van der Waals surface area contributed by atoms with Crippen LogP contribution in [-0.2, 0) is 10.0 Å². The van der Waals surface area contributed by atoms with E-state index in [-0.39, 0.29) is 16.4 Å². The van der Waals surface area contributed by atoms with Crippen molar-refractivity contribution in [2.45, 2.75) is 4.90 Å². The number of hydrogen-bond acceptors (Lipinski definition) is 4. The van der Waals surface area contributed by atoms with Crippen molar-refractivity contribution in [1.82, 2.24) is 0 Å². The predicted octanol–water partition coefficient (Wildman–Crippen LogP) is 0.786. The topological polar surface area (TPSA) is 93.5 Å². The molecule has 0 saturated carbocycles. The van der Waals surface area contributed by atoms with Gasteiger partial charge in [0.2, 0.25) is 10.0 Å². The molecule has 0 saturated heterocycles. The minimum Gasteiger partial charge on any atom is -0.481 e. The van der Waals surface area contributed by atoms with Gasteiger partial charge in [-0.15, -0.1) is 0 Å². The van der Waals surface area contributed by atoms with Gasteiger partial charge in [0.25, 0.3) is 5.95 Å². The summed E-state index contributed by atoms with van der Waals surface area (Å²) in [6, 6.07) is 5.79. The van der Waals surface area contributed by atoms with E-state index in [2.05, 4.69) is 0 Å². The van der Waals surface area contributed by atoms with Crippen LogP contribution < -0.4 is 5.14 Å². The second-order valence-electron chi connectivity index (χ2n) is 2.80. The maximum Gasteiger partial charge on any atom is 0.282 e. The number of sulfonamides is 1. The van der Waals surface area contributed by atoms with Crippen LogP contribution in [-0.4, -0.2) is 13.5 Å². The fourth-order valence-corrected chi connectivity index (χ4v) is 1.93. The molecule has 1 aromatic carbocycles. The zero-order chi connectivity index (χ0) is 10.3. The van der Waals surface area contributed by atoms with Crippen molar-refractivity contribution < 1.29 is 17.9 Å². The van der Waals surface area contributed by atoms with E-state index in [0.29, 0.717) is 5.39 Å². The maximum absolute atomic E-state index is 11.1. The van der Waals surface area contributed by atoms with E-state index >= 15 is 0 Å². The summed E-state index contributed by atoms with van der Waals surface area (Å²) in [5.74, 6) is -0.337. The highest BCUT2D eigenvalue weighted by Crippen LogP contribution is 2.28. The molecule has 0 aliphatic rings. The molecule has 74 valence electrons. The van der Waals surface area contributed by atoms with E-state index in [1.807, 2.05) is 0 Å². The maximum atomic E-state index is 11.1. The molecule has 0 aliphatic carbocycles. The van der Waals surface area contributed by atoms with Crippen LogP contribution in [0.5, 0.6) is 5.95 Å². The highest BCUT2D eigenvalue weighted by molar-refractivity contribution is 7.89. The Bertz CT molecular complexity index is 584. The molecular formula is C8H7NO4S. The van der Waals surface area contributed by atoms with Gasteiger partial charge in [-0.25, -0.2) is 13.6 Å². The number of para-hydroxylation sites is 1. The molecular weight excluding hydrogens is 206 g/mol. The Morgan fingerprint density at radius 1 is 1.36 bits per heavy atom. The number of benzene rings is 1. The van der Waals surface area contributed by atoms with Crippen LogP contribution in [0, 0.1) is 0 Å². The van der Waals surface area contributed by atoms with Crippen molar-refractivity contribution >= 4 is 21.0 Å². The first kappa shape index (κ1) is 9.04. The normalized spacial score (nSPS) is 12.1. The summed E-state index contributed by atoms with van der Waals surface area (Å²) < 4.78 is 27.0. The number of nitrogens with two attached hydrogens (primary N) is 1. The Labute approximate surface area is 79.8 Å². The number of furan rings is 1. The highest BCUT2D eigenvalue weighted by Gasteiger charge is 2.15. The third-order valence-corrected chi connectivity index (χ3v) is 2.74. The summed E-state index contributed by atoms with van der Waals surface area (Å²) in [5, 5.41) is 14.5. The Morgan fingerprint density at radius 2 is 2.07 bits per heavy atom. The molecule has 1 aromatic heterocycles. The molecule has 0 amide bonds. The minimum absolute atomic E-state index is 0.0764. The Hall–Kier alpha value is -1.53. The van der Waals surface area contributed by atoms with Crippen LogP contribution in [0.2, 0.25) is 0 Å². The summed E-state index contributed by atoms with van der Waals surface area (Å²) in [6.45, 7) is 0. The summed E-state index contributed by atoms with van der Waals surface area (Å²) in [4.78, 5) is -0.129. The molecule has 2 aromatic rings. The Balaban J connectivity index is 2.90. The van der Waals surface area contributed by atoms with Gasteiger partial charge in [-0.1, -0.05) is 12.1 Å². The van der Waals surface area contributed by atoms with E-state index in [0.717, 1.165) is 0 Å². The van der Waals surface area contributed by atoms with Crippen molar-refractivity contribution in [3.05, 3.63) is 24.3 Å². The fourth-order valence-electron chi connectivity index (χ4n) is 1.25. The molecule has 0 bridgehead atoms. The van der Waals surface area contributed by atoms with Crippen molar-refractivity contribution in [2.24, 2.45) is 5.14 Å². The summed E-state index contributed by atoms with van der Waals surface area (Å²) in [5.41, 5.74) is 0.0764. The first-order chi connectivity index (χ1) is 6.48. The van der Waals surface area contributed by atoms with Crippen molar-refractivity contribution in [2.75, 3.05) is 0 Å². The molecule has 5 nitrogen and oxygen atoms in total. The van der Waals surface area contributed by atoms with Crippen LogP contribution in [0.4, 0.5) is 0 Å². The lowest BCUT2D eigenvalue weighted by Crippen LogP contribution is -2.12. The zero-order valence-corrected chi connectivity index (χ0v) is 7.78. The standard InChI is InChI=1S/C8H7NO4S/c9-14(11,12)6-3-1-2-5-4-7(10)13-8(5)6/h1-4,10H,(H2,9,11,12). The van der Waals surface area contributed by atoms with Gasteiger partial charge in [0.15, 0.2) is 5.58 Å². The Kier molecular flexibility index (Phi) is 1.76. The van der Waals surface area contributed by atoms with Crippen molar-refractivity contribution in [3.63, 3.8) is 0 Å².